The average Bonchev–Trinajstić information content (AvgIpc) is 2.95. The molecule has 0 aliphatic heterocycles. The molecule has 0 aliphatic rings. The van der Waals surface area contributed by atoms with Crippen molar-refractivity contribution in [3.05, 3.63) is 53.5 Å². The normalized spacial score (nSPS) is 12.2. The van der Waals surface area contributed by atoms with Crippen molar-refractivity contribution < 1.29 is 18.7 Å². The van der Waals surface area contributed by atoms with Gasteiger partial charge in [0.1, 0.15) is 18.1 Å². The Morgan fingerprint density at radius 1 is 1.45 bits per heavy atom. The van der Waals surface area contributed by atoms with Crippen molar-refractivity contribution in [2.45, 2.75) is 12.6 Å². The molecule has 7 heteroatoms. The molecule has 1 unspecified atom stereocenters. The van der Waals surface area contributed by atoms with Crippen LogP contribution in [-0.4, -0.2) is 22.6 Å². The number of hydrogen-bond acceptors (Lipinski definition) is 5. The van der Waals surface area contributed by atoms with Gasteiger partial charge in [-0.1, -0.05) is 12.1 Å². The Labute approximate surface area is 114 Å². The second-order valence-electron chi connectivity index (χ2n) is 4.17. The maximum atomic E-state index is 12.7. The summed E-state index contributed by atoms with van der Waals surface area (Å²) >= 11 is 0. The fraction of sp³-hybridized carbons (Fsp3) is 0.231. The molecule has 1 aromatic carbocycles. The molecule has 1 atom stereocenters. The minimum absolute atomic E-state index is 0.0750. The standard InChI is InChI=1S/C13H14FN3O3/c14-9-3-1-8(2-4-9)5-16-12(19)11-7-20-13(17-11)10(15)6-18/h1-4,7,10,18H,5-6,15H2,(H,16,19). The number of benzene rings is 1. The van der Waals surface area contributed by atoms with Gasteiger partial charge in [-0.05, 0) is 17.7 Å². The van der Waals surface area contributed by atoms with Crippen LogP contribution < -0.4 is 11.1 Å². The third kappa shape index (κ3) is 3.40. The number of aliphatic hydroxyl groups is 1. The van der Waals surface area contributed by atoms with Gasteiger partial charge in [0.15, 0.2) is 5.69 Å². The SMILES string of the molecule is NC(CO)c1nc(C(=O)NCc2ccc(F)cc2)co1. The minimum atomic E-state index is -0.756. The van der Waals surface area contributed by atoms with Crippen molar-refractivity contribution in [3.63, 3.8) is 0 Å². The number of amides is 1. The maximum Gasteiger partial charge on any atom is 0.273 e. The largest absolute Gasteiger partial charge is 0.446 e. The first-order chi connectivity index (χ1) is 9.60. The Morgan fingerprint density at radius 2 is 2.15 bits per heavy atom. The van der Waals surface area contributed by atoms with E-state index in [0.29, 0.717) is 0 Å². The smallest absolute Gasteiger partial charge is 0.273 e. The summed E-state index contributed by atoms with van der Waals surface area (Å²) < 4.78 is 17.7. The number of aliphatic hydroxyl groups excluding tert-OH is 1. The topological polar surface area (TPSA) is 101 Å². The molecule has 1 heterocycles. The van der Waals surface area contributed by atoms with Gasteiger partial charge in [-0.25, -0.2) is 9.37 Å². The summed E-state index contributed by atoms with van der Waals surface area (Å²) in [6, 6.07) is 5.02. The highest BCUT2D eigenvalue weighted by Crippen LogP contribution is 2.09. The molecule has 0 saturated heterocycles. The molecule has 106 valence electrons. The van der Waals surface area contributed by atoms with E-state index in [4.69, 9.17) is 15.3 Å². The molecule has 4 N–H and O–H groups in total. The molecule has 0 fully saturated rings. The number of aromatic nitrogens is 1. The van der Waals surface area contributed by atoms with Gasteiger partial charge in [0.2, 0.25) is 5.89 Å². The Bertz CT molecular complexity index is 583. The van der Waals surface area contributed by atoms with Gasteiger partial charge in [-0.15, -0.1) is 0 Å². The zero-order valence-electron chi connectivity index (χ0n) is 10.5. The van der Waals surface area contributed by atoms with E-state index in [2.05, 4.69) is 10.3 Å². The van der Waals surface area contributed by atoms with E-state index in [1.807, 2.05) is 0 Å². The lowest BCUT2D eigenvalue weighted by Crippen LogP contribution is -2.23. The molecule has 1 aromatic heterocycles. The van der Waals surface area contributed by atoms with Crippen molar-refractivity contribution in [2.24, 2.45) is 5.73 Å². The van der Waals surface area contributed by atoms with E-state index in [0.717, 1.165) is 5.56 Å². The lowest BCUT2D eigenvalue weighted by molar-refractivity contribution is 0.0946. The van der Waals surface area contributed by atoms with Crippen LogP contribution in [0.5, 0.6) is 0 Å². The third-order valence-electron chi connectivity index (χ3n) is 2.63. The number of nitrogens with zero attached hydrogens (tertiary/aromatic N) is 1. The van der Waals surface area contributed by atoms with E-state index >= 15 is 0 Å². The van der Waals surface area contributed by atoms with Gasteiger partial charge in [0.05, 0.1) is 6.61 Å². The highest BCUT2D eigenvalue weighted by molar-refractivity contribution is 5.91. The van der Waals surface area contributed by atoms with Crippen LogP contribution in [0, 0.1) is 5.82 Å². The molecule has 0 aliphatic carbocycles. The van der Waals surface area contributed by atoms with Crippen LogP contribution in [0.25, 0.3) is 0 Å². The summed E-state index contributed by atoms with van der Waals surface area (Å²) in [6.07, 6.45) is 1.17. The minimum Gasteiger partial charge on any atom is -0.446 e. The van der Waals surface area contributed by atoms with E-state index in [1.54, 1.807) is 12.1 Å². The van der Waals surface area contributed by atoms with Gasteiger partial charge >= 0.3 is 0 Å². The van der Waals surface area contributed by atoms with Crippen LogP contribution >= 0.6 is 0 Å². The molecule has 1 amide bonds. The van der Waals surface area contributed by atoms with Crippen molar-refractivity contribution in [1.82, 2.24) is 10.3 Å². The number of rotatable bonds is 5. The van der Waals surface area contributed by atoms with Crippen LogP contribution in [0.4, 0.5) is 4.39 Å². The maximum absolute atomic E-state index is 12.7. The molecule has 0 bridgehead atoms. The Hall–Kier alpha value is -2.25. The summed E-state index contributed by atoms with van der Waals surface area (Å²) in [4.78, 5) is 15.7. The fourth-order valence-electron chi connectivity index (χ4n) is 1.52. The van der Waals surface area contributed by atoms with Crippen LogP contribution in [0.3, 0.4) is 0 Å². The zero-order valence-corrected chi connectivity index (χ0v) is 10.5. The molecule has 2 rings (SSSR count). The first-order valence-electron chi connectivity index (χ1n) is 5.94. The van der Waals surface area contributed by atoms with E-state index in [9.17, 15) is 9.18 Å². The second kappa shape index (κ2) is 6.27. The molecule has 0 radical (unpaired) electrons. The molecule has 0 spiro atoms. The predicted octanol–water partition coefficient (Wildman–Crippen LogP) is 0.736. The summed E-state index contributed by atoms with van der Waals surface area (Å²) in [5.74, 6) is -0.673. The number of oxazole rings is 1. The molecule has 0 saturated carbocycles. The van der Waals surface area contributed by atoms with Gasteiger partial charge in [0, 0.05) is 6.54 Å². The Morgan fingerprint density at radius 3 is 2.80 bits per heavy atom. The van der Waals surface area contributed by atoms with Gasteiger partial charge < -0.3 is 20.6 Å². The lowest BCUT2D eigenvalue weighted by atomic mass is 10.2. The van der Waals surface area contributed by atoms with Crippen LogP contribution in [-0.2, 0) is 6.54 Å². The quantitative estimate of drug-likeness (QED) is 0.749. The third-order valence-corrected chi connectivity index (χ3v) is 2.63. The number of nitrogens with two attached hydrogens (primary N) is 1. The highest BCUT2D eigenvalue weighted by atomic mass is 19.1. The first kappa shape index (κ1) is 14.2. The second-order valence-corrected chi connectivity index (χ2v) is 4.17. The first-order valence-corrected chi connectivity index (χ1v) is 5.94. The van der Waals surface area contributed by atoms with E-state index in [-0.39, 0.29) is 30.6 Å². The van der Waals surface area contributed by atoms with Gasteiger partial charge in [-0.2, -0.15) is 0 Å². The Balaban J connectivity index is 1.94. The molecule has 2 aromatic rings. The average molecular weight is 279 g/mol. The number of hydrogen-bond donors (Lipinski definition) is 3. The monoisotopic (exact) mass is 279 g/mol. The predicted molar refractivity (Wildman–Crippen MR) is 68.1 cm³/mol. The zero-order chi connectivity index (χ0) is 14.5. The summed E-state index contributed by atoms with van der Waals surface area (Å²) in [7, 11) is 0. The molecule has 6 nitrogen and oxygen atoms in total. The van der Waals surface area contributed by atoms with E-state index in [1.165, 1.54) is 18.4 Å². The van der Waals surface area contributed by atoms with Gasteiger partial charge in [-0.3, -0.25) is 4.79 Å². The molecule has 20 heavy (non-hydrogen) atoms. The van der Waals surface area contributed by atoms with E-state index < -0.39 is 11.9 Å². The van der Waals surface area contributed by atoms with Gasteiger partial charge in [0.25, 0.3) is 5.91 Å². The number of halogens is 1. The summed E-state index contributed by atoms with van der Waals surface area (Å²) in [5, 5.41) is 11.5. The van der Waals surface area contributed by atoms with Crippen molar-refractivity contribution >= 4 is 5.91 Å². The fourth-order valence-corrected chi connectivity index (χ4v) is 1.52. The molecular weight excluding hydrogens is 265 g/mol. The summed E-state index contributed by atoms with van der Waals surface area (Å²) in [5.41, 5.74) is 6.35. The van der Waals surface area contributed by atoms with Crippen molar-refractivity contribution in [3.8, 4) is 0 Å². The number of nitrogens with one attached hydrogen (secondary N) is 1. The highest BCUT2D eigenvalue weighted by Gasteiger charge is 2.16. The van der Waals surface area contributed by atoms with Crippen LogP contribution in [0.15, 0.2) is 34.9 Å². The lowest BCUT2D eigenvalue weighted by Gasteiger charge is -2.03. The van der Waals surface area contributed by atoms with Crippen molar-refractivity contribution in [2.75, 3.05) is 6.61 Å². The Kier molecular flexibility index (Phi) is 4.44. The van der Waals surface area contributed by atoms with Crippen molar-refractivity contribution in [1.29, 1.82) is 0 Å². The number of carbonyl (C=O) groups is 1. The van der Waals surface area contributed by atoms with Crippen LogP contribution in [0.2, 0.25) is 0 Å². The molecular formula is C13H14FN3O3. The van der Waals surface area contributed by atoms with Crippen LogP contribution in [0.1, 0.15) is 28.0 Å². The number of carbonyl (C=O) groups excluding carboxylic acids is 1. The summed E-state index contributed by atoms with van der Waals surface area (Å²) in [6.45, 7) is -0.0789.